The molecule has 28 valence electrons. The topological polar surface area (TPSA) is 0 Å². The second kappa shape index (κ2) is 10.4. The molecule has 0 saturated heterocycles. The Morgan fingerprint density at radius 2 is 2.00 bits per heavy atom. The molecule has 0 aliphatic rings. The van der Waals surface area contributed by atoms with E-state index in [1.54, 1.807) is 6.08 Å². The lowest BCUT2D eigenvalue weighted by Gasteiger charge is -1.31. The SMILES string of the molecule is C=CC.[AlH3].[HH].[HH]. The number of rotatable bonds is 0. The lowest BCUT2D eigenvalue weighted by atomic mass is 10.8. The highest BCUT2D eigenvalue weighted by Gasteiger charge is 1.15. The third-order valence-corrected chi connectivity index (χ3v) is 0. The van der Waals surface area contributed by atoms with Crippen molar-refractivity contribution in [2.45, 2.75) is 6.92 Å². The summed E-state index contributed by atoms with van der Waals surface area (Å²) < 4.78 is 0. The first-order valence-corrected chi connectivity index (χ1v) is 0.986. The largest absolute Gasteiger partial charge is 0.187 e. The number of hydrogen-bond donors (Lipinski definition) is 0. The summed E-state index contributed by atoms with van der Waals surface area (Å²) in [4.78, 5) is 0. The first kappa shape index (κ1) is 8.86. The van der Waals surface area contributed by atoms with Crippen LogP contribution in [0.3, 0.4) is 0 Å². The van der Waals surface area contributed by atoms with Gasteiger partial charge in [-0.1, -0.05) is 6.08 Å². The molecule has 0 aromatic carbocycles. The second-order valence-corrected chi connectivity index (χ2v) is 0.408. The third kappa shape index (κ3) is 49.6. The Morgan fingerprint density at radius 1 is 2.00 bits per heavy atom. The molecule has 4 heavy (non-hydrogen) atoms. The van der Waals surface area contributed by atoms with Crippen LogP contribution >= 0.6 is 0 Å². The fourth-order valence-electron chi connectivity index (χ4n) is 0. The Kier molecular flexibility index (Phi) is 23.1. The molecule has 0 unspecified atom stereocenters. The first-order chi connectivity index (χ1) is 1.41. The van der Waals surface area contributed by atoms with E-state index in [1.165, 1.54) is 0 Å². The van der Waals surface area contributed by atoms with Crippen molar-refractivity contribution in [3.05, 3.63) is 12.7 Å². The van der Waals surface area contributed by atoms with Gasteiger partial charge in [0.05, 0.1) is 0 Å². The van der Waals surface area contributed by atoms with Gasteiger partial charge in [0.25, 0.3) is 0 Å². The highest BCUT2D eigenvalue weighted by molar-refractivity contribution is 5.75. The first-order valence-electron chi connectivity index (χ1n) is 0.986. The van der Waals surface area contributed by atoms with E-state index in [1.807, 2.05) is 6.92 Å². The molecule has 0 bridgehead atoms. The maximum absolute atomic E-state index is 3.36. The Bertz CT molecular complexity index is 16.3. The molecule has 0 aliphatic carbocycles. The zero-order valence-corrected chi connectivity index (χ0v) is 2.28. The zero-order valence-electron chi connectivity index (χ0n) is 2.28. The molecule has 0 aliphatic heterocycles. The van der Waals surface area contributed by atoms with Crippen molar-refractivity contribution >= 4 is 17.4 Å². The van der Waals surface area contributed by atoms with Crippen LogP contribution < -0.4 is 0 Å². The van der Waals surface area contributed by atoms with Crippen LogP contribution in [0.25, 0.3) is 0 Å². The van der Waals surface area contributed by atoms with E-state index in [9.17, 15) is 0 Å². The zero-order chi connectivity index (χ0) is 2.71. The third-order valence-electron chi connectivity index (χ3n) is 0. The summed E-state index contributed by atoms with van der Waals surface area (Å²) in [6, 6.07) is 0. The quantitative estimate of drug-likeness (QED) is 0.291. The average Bonchev–Trinajstić information content (AvgIpc) is 0.918. The van der Waals surface area contributed by atoms with Gasteiger partial charge in [-0.2, -0.15) is 0 Å². The molecule has 0 spiro atoms. The standard InChI is InChI=1S/C3H6.Al.2H2.3H/c1-3-2;;;;;;/h3H,1H2,2H3;;2*1H;;;. The van der Waals surface area contributed by atoms with Gasteiger partial charge in [0.2, 0.25) is 0 Å². The van der Waals surface area contributed by atoms with Crippen LogP contribution in [0.1, 0.15) is 9.78 Å². The van der Waals surface area contributed by atoms with Crippen LogP contribution in [-0.2, 0) is 0 Å². The van der Waals surface area contributed by atoms with Crippen molar-refractivity contribution in [2.24, 2.45) is 0 Å². The monoisotopic (exact) mass is 76.1 g/mol. The Morgan fingerprint density at radius 3 is 2.00 bits per heavy atom. The smallest absolute Gasteiger partial charge is 0.103 e. The summed E-state index contributed by atoms with van der Waals surface area (Å²) in [6.45, 7) is 5.25. The van der Waals surface area contributed by atoms with Crippen molar-refractivity contribution in [1.82, 2.24) is 0 Å². The molecule has 0 rings (SSSR count). The minimum Gasteiger partial charge on any atom is -0.103 e. The molecule has 0 N–H and O–H groups in total. The van der Waals surface area contributed by atoms with Crippen molar-refractivity contribution in [1.29, 1.82) is 0 Å². The molecule has 0 atom stereocenters. The molecule has 0 aromatic heterocycles. The van der Waals surface area contributed by atoms with Gasteiger partial charge in [-0.05, 0) is 6.92 Å². The van der Waals surface area contributed by atoms with Crippen molar-refractivity contribution in [3.63, 3.8) is 0 Å². The normalized spacial score (nSPS) is 3.25. The Hall–Kier alpha value is 0.272. The molecule has 0 amide bonds. The lowest BCUT2D eigenvalue weighted by molar-refractivity contribution is 1.80. The molecule has 0 nitrogen and oxygen atoms in total. The van der Waals surface area contributed by atoms with Gasteiger partial charge in [-0.15, -0.1) is 6.58 Å². The predicted octanol–water partition coefficient (Wildman–Crippen LogP) is 0.500. The summed E-state index contributed by atoms with van der Waals surface area (Å²) in [6.07, 6.45) is 1.75. The van der Waals surface area contributed by atoms with Gasteiger partial charge < -0.3 is 0 Å². The summed E-state index contributed by atoms with van der Waals surface area (Å²) >= 11 is 0. The van der Waals surface area contributed by atoms with E-state index in [4.69, 9.17) is 0 Å². The van der Waals surface area contributed by atoms with Crippen LogP contribution in [0, 0.1) is 0 Å². The van der Waals surface area contributed by atoms with E-state index in [0.29, 0.717) is 0 Å². The van der Waals surface area contributed by atoms with Crippen molar-refractivity contribution < 1.29 is 2.85 Å². The molecule has 0 heterocycles. The minimum absolute atomic E-state index is 0. The van der Waals surface area contributed by atoms with Crippen molar-refractivity contribution in [2.75, 3.05) is 0 Å². The van der Waals surface area contributed by atoms with E-state index in [0.717, 1.165) is 0 Å². The van der Waals surface area contributed by atoms with Gasteiger partial charge in [0.15, 0.2) is 17.4 Å². The molecule has 1 heteroatoms. The fraction of sp³-hybridized carbons (Fsp3) is 0.333. The fourth-order valence-corrected chi connectivity index (χ4v) is 0. The molecule has 0 radical (unpaired) electrons. The summed E-state index contributed by atoms with van der Waals surface area (Å²) in [5.74, 6) is 0. The van der Waals surface area contributed by atoms with Crippen LogP contribution in [0.15, 0.2) is 12.7 Å². The van der Waals surface area contributed by atoms with Crippen LogP contribution in [0.4, 0.5) is 0 Å². The van der Waals surface area contributed by atoms with Gasteiger partial charge >= 0.3 is 0 Å². The number of hydrogen-bond acceptors (Lipinski definition) is 0. The van der Waals surface area contributed by atoms with Gasteiger partial charge in [0, 0.05) is 2.85 Å². The van der Waals surface area contributed by atoms with E-state index < -0.39 is 0 Å². The maximum atomic E-state index is 3.36. The van der Waals surface area contributed by atoms with E-state index in [-0.39, 0.29) is 20.2 Å². The maximum Gasteiger partial charge on any atom is 0.187 e. The predicted molar refractivity (Wildman–Crippen MR) is 30.0 cm³/mol. The van der Waals surface area contributed by atoms with Crippen LogP contribution in [0.2, 0.25) is 0 Å². The minimum atomic E-state index is 0. The molecular weight excluding hydrogens is 63.0 g/mol. The summed E-state index contributed by atoms with van der Waals surface area (Å²) in [7, 11) is 0. The Balaban J connectivity index is -0.00000000667. The Labute approximate surface area is 40.6 Å². The van der Waals surface area contributed by atoms with E-state index >= 15 is 0 Å². The average molecular weight is 76.1 g/mol. The molecule has 0 aromatic rings. The molecule has 0 saturated carbocycles. The van der Waals surface area contributed by atoms with Crippen molar-refractivity contribution in [3.8, 4) is 0 Å². The lowest BCUT2D eigenvalue weighted by Crippen LogP contribution is -1.07. The highest BCUT2D eigenvalue weighted by atomic mass is 27.0. The summed E-state index contributed by atoms with van der Waals surface area (Å²) in [5, 5.41) is 0. The van der Waals surface area contributed by atoms with Crippen LogP contribution in [-0.4, -0.2) is 17.4 Å². The molecule has 0 fully saturated rings. The summed E-state index contributed by atoms with van der Waals surface area (Å²) in [5.41, 5.74) is 0. The van der Waals surface area contributed by atoms with Gasteiger partial charge in [-0.3, -0.25) is 0 Å². The van der Waals surface area contributed by atoms with E-state index in [2.05, 4.69) is 6.58 Å². The molecular formula is C3H13Al. The number of allylic oxidation sites excluding steroid dienone is 1. The highest BCUT2D eigenvalue weighted by Crippen LogP contribution is 1.38. The van der Waals surface area contributed by atoms with Crippen LogP contribution in [0.5, 0.6) is 0 Å². The van der Waals surface area contributed by atoms with Gasteiger partial charge in [-0.25, -0.2) is 0 Å². The second-order valence-electron chi connectivity index (χ2n) is 0.408. The van der Waals surface area contributed by atoms with Gasteiger partial charge in [0.1, 0.15) is 0 Å².